The standard InChI is InChI=1S/C21H28N2O4S2/c24-18(16-27-20-8-3-6-17-5-1-2-7-19(17)20)15-22-10-12-23(13-11-22)29(25,26)21-9-4-14-28-21/h1-2,4-5,7,9,14,18,20,24H,3,6,8,10-13,15-16H2/p+1/t18-,20-/m1/s1. The van der Waals surface area contributed by atoms with E-state index in [1.165, 1.54) is 27.4 Å². The fourth-order valence-corrected chi connectivity index (χ4v) is 6.87. The molecule has 0 amide bonds. The Morgan fingerprint density at radius 1 is 1.21 bits per heavy atom. The number of nitrogens with zero attached hydrogens (tertiary/aromatic N) is 1. The fraction of sp³-hybridized carbons (Fsp3) is 0.524. The van der Waals surface area contributed by atoms with Crippen LogP contribution in [0.3, 0.4) is 0 Å². The van der Waals surface area contributed by atoms with Gasteiger partial charge in [0, 0.05) is 0 Å². The van der Waals surface area contributed by atoms with Crippen LogP contribution in [0.5, 0.6) is 0 Å². The second kappa shape index (κ2) is 9.24. The maximum Gasteiger partial charge on any atom is 0.252 e. The first kappa shape index (κ1) is 21.0. The molecule has 8 heteroatoms. The molecule has 0 unspecified atom stereocenters. The minimum atomic E-state index is -3.37. The van der Waals surface area contributed by atoms with Crippen LogP contribution < -0.4 is 4.90 Å². The van der Waals surface area contributed by atoms with Gasteiger partial charge in [-0.15, -0.1) is 11.3 Å². The minimum absolute atomic E-state index is 0.0670. The number of sulfonamides is 1. The van der Waals surface area contributed by atoms with Gasteiger partial charge in [-0.2, -0.15) is 4.31 Å². The van der Waals surface area contributed by atoms with Crippen LogP contribution in [0.4, 0.5) is 0 Å². The molecular formula is C21H29N2O4S2+. The highest BCUT2D eigenvalue weighted by atomic mass is 32.2. The summed E-state index contributed by atoms with van der Waals surface area (Å²) in [6.07, 6.45) is 2.73. The molecule has 158 valence electrons. The van der Waals surface area contributed by atoms with Gasteiger partial charge in [0.15, 0.2) is 0 Å². The predicted octanol–water partition coefficient (Wildman–Crippen LogP) is 1.09. The van der Waals surface area contributed by atoms with E-state index in [9.17, 15) is 13.5 Å². The van der Waals surface area contributed by atoms with E-state index in [1.54, 1.807) is 21.8 Å². The molecule has 1 saturated heterocycles. The number of aliphatic hydroxyl groups excluding tert-OH is 1. The van der Waals surface area contributed by atoms with Crippen LogP contribution in [-0.4, -0.2) is 63.3 Å². The van der Waals surface area contributed by atoms with Crippen molar-refractivity contribution in [3.8, 4) is 0 Å². The summed E-state index contributed by atoms with van der Waals surface area (Å²) in [5.41, 5.74) is 2.61. The summed E-state index contributed by atoms with van der Waals surface area (Å²) in [6.45, 7) is 3.28. The number of aryl methyl sites for hydroxylation is 1. The average molecular weight is 438 g/mol. The Kier molecular flexibility index (Phi) is 6.68. The number of hydrogen-bond donors (Lipinski definition) is 2. The molecule has 0 bridgehead atoms. The van der Waals surface area contributed by atoms with Gasteiger partial charge in [-0.3, -0.25) is 0 Å². The van der Waals surface area contributed by atoms with Crippen LogP contribution in [0, 0.1) is 0 Å². The molecule has 2 N–H and O–H groups in total. The number of thiophene rings is 1. The lowest BCUT2D eigenvalue weighted by Gasteiger charge is -2.32. The molecule has 1 aromatic heterocycles. The normalized spacial score (nSPS) is 22.3. The topological polar surface area (TPSA) is 71.3 Å². The molecule has 1 fully saturated rings. The Labute approximate surface area is 176 Å². The summed E-state index contributed by atoms with van der Waals surface area (Å²) in [7, 11) is -3.37. The highest BCUT2D eigenvalue weighted by molar-refractivity contribution is 7.91. The molecule has 0 spiro atoms. The number of rotatable bonds is 7. The van der Waals surface area contributed by atoms with Crippen molar-refractivity contribution in [1.29, 1.82) is 0 Å². The fourth-order valence-electron chi connectivity index (χ4n) is 4.29. The number of fused-ring (bicyclic) bond motifs is 1. The summed E-state index contributed by atoms with van der Waals surface area (Å²) < 4.78 is 33.3. The van der Waals surface area contributed by atoms with Crippen molar-refractivity contribution >= 4 is 21.4 Å². The van der Waals surface area contributed by atoms with Crippen LogP contribution in [0.2, 0.25) is 0 Å². The lowest BCUT2D eigenvalue weighted by molar-refractivity contribution is -0.906. The molecule has 2 atom stereocenters. The van der Waals surface area contributed by atoms with Gasteiger partial charge in [0.1, 0.15) is 16.9 Å². The summed E-state index contributed by atoms with van der Waals surface area (Å²) in [6, 6.07) is 11.8. The van der Waals surface area contributed by atoms with E-state index in [1.807, 2.05) is 6.07 Å². The first-order valence-corrected chi connectivity index (χ1v) is 12.6. The van der Waals surface area contributed by atoms with Gasteiger partial charge in [-0.25, -0.2) is 8.42 Å². The first-order valence-electron chi connectivity index (χ1n) is 10.3. The Balaban J connectivity index is 1.24. The number of hydrogen-bond acceptors (Lipinski definition) is 5. The van der Waals surface area contributed by atoms with Crippen molar-refractivity contribution < 1.29 is 23.2 Å². The Morgan fingerprint density at radius 2 is 2.00 bits per heavy atom. The Bertz CT molecular complexity index is 893. The number of aliphatic hydroxyl groups is 1. The molecule has 2 heterocycles. The summed E-state index contributed by atoms with van der Waals surface area (Å²) in [4.78, 5) is 1.22. The van der Waals surface area contributed by atoms with E-state index < -0.39 is 16.1 Å². The summed E-state index contributed by atoms with van der Waals surface area (Å²) in [5, 5.41) is 12.3. The predicted molar refractivity (Wildman–Crippen MR) is 113 cm³/mol. The van der Waals surface area contributed by atoms with Gasteiger partial charge in [0.05, 0.1) is 38.9 Å². The zero-order valence-electron chi connectivity index (χ0n) is 16.5. The smallest absolute Gasteiger partial charge is 0.252 e. The molecule has 2 aliphatic rings. The minimum Gasteiger partial charge on any atom is -0.385 e. The second-order valence-corrected chi connectivity index (χ2v) is 11.0. The van der Waals surface area contributed by atoms with E-state index in [-0.39, 0.29) is 6.10 Å². The zero-order valence-corrected chi connectivity index (χ0v) is 18.1. The first-order chi connectivity index (χ1) is 14.0. The molecular weight excluding hydrogens is 408 g/mol. The molecule has 2 aromatic rings. The van der Waals surface area contributed by atoms with E-state index in [0.717, 1.165) is 19.3 Å². The number of piperazine rings is 1. The van der Waals surface area contributed by atoms with Crippen molar-refractivity contribution in [2.24, 2.45) is 0 Å². The summed E-state index contributed by atoms with van der Waals surface area (Å²) in [5.74, 6) is 0. The lowest BCUT2D eigenvalue weighted by atomic mass is 9.89. The van der Waals surface area contributed by atoms with Crippen LogP contribution in [0.15, 0.2) is 46.0 Å². The third-order valence-electron chi connectivity index (χ3n) is 5.85. The number of nitrogens with one attached hydrogen (secondary N) is 1. The average Bonchev–Trinajstić information content (AvgIpc) is 3.28. The highest BCUT2D eigenvalue weighted by Crippen LogP contribution is 2.32. The van der Waals surface area contributed by atoms with Crippen LogP contribution in [0.25, 0.3) is 0 Å². The van der Waals surface area contributed by atoms with Gasteiger partial charge in [-0.05, 0) is 41.8 Å². The molecule has 0 radical (unpaired) electrons. The van der Waals surface area contributed by atoms with E-state index in [4.69, 9.17) is 4.74 Å². The van der Waals surface area contributed by atoms with Crippen LogP contribution in [-0.2, 0) is 21.2 Å². The maximum absolute atomic E-state index is 12.6. The van der Waals surface area contributed by atoms with Crippen molar-refractivity contribution in [1.82, 2.24) is 4.31 Å². The molecule has 0 saturated carbocycles. The third kappa shape index (κ3) is 4.90. The van der Waals surface area contributed by atoms with Gasteiger partial charge >= 0.3 is 0 Å². The Morgan fingerprint density at radius 3 is 2.76 bits per heavy atom. The summed E-state index contributed by atoms with van der Waals surface area (Å²) >= 11 is 1.26. The number of quaternary nitrogens is 1. The monoisotopic (exact) mass is 437 g/mol. The Hall–Kier alpha value is -1.29. The van der Waals surface area contributed by atoms with E-state index in [0.29, 0.717) is 43.5 Å². The van der Waals surface area contributed by atoms with Crippen molar-refractivity contribution in [3.05, 3.63) is 52.9 Å². The van der Waals surface area contributed by atoms with E-state index in [2.05, 4.69) is 18.2 Å². The quantitative estimate of drug-likeness (QED) is 0.680. The maximum atomic E-state index is 12.6. The number of benzene rings is 1. The number of ether oxygens (including phenoxy) is 1. The largest absolute Gasteiger partial charge is 0.385 e. The lowest BCUT2D eigenvalue weighted by Crippen LogP contribution is -3.15. The molecule has 1 aromatic carbocycles. The third-order valence-corrected chi connectivity index (χ3v) is 9.12. The van der Waals surface area contributed by atoms with Gasteiger partial charge < -0.3 is 14.7 Å². The van der Waals surface area contributed by atoms with Crippen LogP contribution >= 0.6 is 11.3 Å². The molecule has 4 rings (SSSR count). The zero-order chi connectivity index (χ0) is 20.3. The van der Waals surface area contributed by atoms with Gasteiger partial charge in [0.25, 0.3) is 10.0 Å². The van der Waals surface area contributed by atoms with Crippen molar-refractivity contribution in [2.75, 3.05) is 39.3 Å². The van der Waals surface area contributed by atoms with Crippen molar-refractivity contribution in [2.45, 2.75) is 35.7 Å². The van der Waals surface area contributed by atoms with Gasteiger partial charge in [0.2, 0.25) is 0 Å². The SMILES string of the molecule is O=S(=O)(c1cccs1)N1CC[NH+](C[C@@H](O)CO[C@@H]2CCCc3ccccc32)CC1. The van der Waals surface area contributed by atoms with E-state index >= 15 is 0 Å². The molecule has 29 heavy (non-hydrogen) atoms. The second-order valence-electron chi connectivity index (χ2n) is 7.86. The van der Waals surface area contributed by atoms with Gasteiger partial charge in [-0.1, -0.05) is 30.3 Å². The molecule has 6 nitrogen and oxygen atoms in total. The molecule has 1 aliphatic carbocycles. The highest BCUT2D eigenvalue weighted by Gasteiger charge is 2.32. The van der Waals surface area contributed by atoms with Crippen LogP contribution in [0.1, 0.15) is 30.1 Å². The van der Waals surface area contributed by atoms with Crippen molar-refractivity contribution in [3.63, 3.8) is 0 Å². The molecule has 1 aliphatic heterocycles.